The Morgan fingerprint density at radius 2 is 1.88 bits per heavy atom. The second-order valence-corrected chi connectivity index (χ2v) is 6.01. The monoisotopic (exact) mass is 369 g/mol. The Kier molecular flexibility index (Phi) is 5.60. The smallest absolute Gasteiger partial charge is 0.250 e. The van der Waals surface area contributed by atoms with E-state index in [-0.39, 0.29) is 5.56 Å². The molecule has 0 unspecified atom stereocenters. The molecule has 0 atom stereocenters. The van der Waals surface area contributed by atoms with E-state index in [1.165, 1.54) is 6.07 Å². The minimum atomic E-state index is -0.0925. The lowest BCUT2D eigenvalue weighted by atomic mass is 10.1. The van der Waals surface area contributed by atoms with Gasteiger partial charge < -0.3 is 15.2 Å². The van der Waals surface area contributed by atoms with Crippen LogP contribution in [0.5, 0.6) is 0 Å². The molecule has 0 aliphatic carbocycles. The number of pyridine rings is 1. The molecule has 7 nitrogen and oxygen atoms in total. The molecule has 0 aliphatic rings. The Hall–Kier alpha value is -3.19. The van der Waals surface area contributed by atoms with Crippen molar-refractivity contribution in [1.29, 1.82) is 0 Å². The Morgan fingerprint density at radius 3 is 2.65 bits per heavy atom. The lowest BCUT2D eigenvalue weighted by Gasteiger charge is -2.09. The molecule has 0 spiro atoms. The molecule has 3 rings (SSSR count). The van der Waals surface area contributed by atoms with Gasteiger partial charge in [-0.15, -0.1) is 5.10 Å². The first kappa shape index (κ1) is 17.6. The van der Waals surface area contributed by atoms with Crippen LogP contribution in [0.25, 0.3) is 0 Å². The maximum Gasteiger partial charge on any atom is 0.250 e. The molecule has 0 fully saturated rings. The number of nitrogens with zero attached hydrogens (tertiary/aromatic N) is 3. The highest BCUT2D eigenvalue weighted by Crippen LogP contribution is 2.13. The third kappa shape index (κ3) is 4.67. The van der Waals surface area contributed by atoms with Crippen LogP contribution in [-0.4, -0.2) is 21.2 Å². The van der Waals surface area contributed by atoms with Crippen molar-refractivity contribution in [3.63, 3.8) is 0 Å². The molecule has 3 aromatic rings. The number of anilines is 2. The molecule has 0 saturated heterocycles. The number of halogens is 1. The Morgan fingerprint density at radius 1 is 1.12 bits per heavy atom. The summed E-state index contributed by atoms with van der Waals surface area (Å²) in [5.41, 5.74) is 2.72. The van der Waals surface area contributed by atoms with Gasteiger partial charge in [0.05, 0.1) is 23.5 Å². The van der Waals surface area contributed by atoms with E-state index >= 15 is 0 Å². The number of aromatic nitrogens is 3. The van der Waals surface area contributed by atoms with E-state index in [0.29, 0.717) is 30.3 Å². The standard InChI is InChI=1S/C18H16ClN5O2/c19-15-5-6-18(26)24(11-15)10-14-3-1-13(2-4-14)8-20-16-7-17(21-12-25)23-22-9-16/h1-7,9,11-12H,8,10H2,(H2,20,21,23,25). The zero-order valence-electron chi connectivity index (χ0n) is 13.7. The molecule has 0 saturated carbocycles. The topological polar surface area (TPSA) is 88.9 Å². The molecule has 2 aromatic heterocycles. The number of nitrogens with one attached hydrogen (secondary N) is 2. The normalized spacial score (nSPS) is 10.3. The summed E-state index contributed by atoms with van der Waals surface area (Å²) in [6.07, 6.45) is 3.76. The predicted octanol–water partition coefficient (Wildman–Crippen LogP) is 2.52. The second kappa shape index (κ2) is 8.26. The summed E-state index contributed by atoms with van der Waals surface area (Å²) in [6, 6.07) is 12.6. The van der Waals surface area contributed by atoms with Crippen LogP contribution in [0.15, 0.2) is 59.7 Å². The average Bonchev–Trinajstić information content (AvgIpc) is 2.65. The second-order valence-electron chi connectivity index (χ2n) is 5.58. The minimum absolute atomic E-state index is 0.0925. The van der Waals surface area contributed by atoms with Crippen molar-refractivity contribution in [3.05, 3.63) is 81.4 Å². The van der Waals surface area contributed by atoms with E-state index in [2.05, 4.69) is 20.8 Å². The summed E-state index contributed by atoms with van der Waals surface area (Å²) in [7, 11) is 0. The zero-order valence-corrected chi connectivity index (χ0v) is 14.5. The summed E-state index contributed by atoms with van der Waals surface area (Å²) in [5, 5.41) is 13.8. The highest BCUT2D eigenvalue weighted by molar-refractivity contribution is 6.30. The number of amides is 1. The lowest BCUT2D eigenvalue weighted by Crippen LogP contribution is -2.18. The van der Waals surface area contributed by atoms with Crippen molar-refractivity contribution in [1.82, 2.24) is 14.8 Å². The molecule has 0 aliphatic heterocycles. The molecule has 0 radical (unpaired) electrons. The summed E-state index contributed by atoms with van der Waals surface area (Å²) in [5.74, 6) is 0.382. The van der Waals surface area contributed by atoms with Crippen molar-refractivity contribution < 1.29 is 4.79 Å². The summed E-state index contributed by atoms with van der Waals surface area (Å²) in [6.45, 7) is 1.05. The molecule has 1 aromatic carbocycles. The van der Waals surface area contributed by atoms with Gasteiger partial charge in [-0.3, -0.25) is 9.59 Å². The molecule has 132 valence electrons. The van der Waals surface area contributed by atoms with Crippen LogP contribution >= 0.6 is 11.6 Å². The van der Waals surface area contributed by atoms with E-state index in [9.17, 15) is 9.59 Å². The van der Waals surface area contributed by atoms with E-state index < -0.39 is 0 Å². The fourth-order valence-corrected chi connectivity index (χ4v) is 2.56. The van der Waals surface area contributed by atoms with Crippen LogP contribution in [0.1, 0.15) is 11.1 Å². The van der Waals surface area contributed by atoms with Crippen molar-refractivity contribution >= 4 is 29.5 Å². The minimum Gasteiger partial charge on any atom is -0.380 e. The molecule has 26 heavy (non-hydrogen) atoms. The number of carbonyl (C=O) groups is 1. The molecule has 8 heteroatoms. The number of rotatable bonds is 7. The first-order chi connectivity index (χ1) is 12.6. The Balaban J connectivity index is 1.62. The van der Waals surface area contributed by atoms with Crippen LogP contribution in [0.4, 0.5) is 11.5 Å². The van der Waals surface area contributed by atoms with Crippen LogP contribution < -0.4 is 16.2 Å². The Bertz CT molecular complexity index is 956. The highest BCUT2D eigenvalue weighted by atomic mass is 35.5. The molecule has 2 N–H and O–H groups in total. The Labute approximate surface area is 154 Å². The van der Waals surface area contributed by atoms with Gasteiger partial charge in [-0.2, -0.15) is 5.10 Å². The van der Waals surface area contributed by atoms with Crippen molar-refractivity contribution in [2.75, 3.05) is 10.6 Å². The van der Waals surface area contributed by atoms with Crippen molar-refractivity contribution in [2.24, 2.45) is 0 Å². The summed E-state index contributed by atoms with van der Waals surface area (Å²) < 4.78 is 1.57. The van der Waals surface area contributed by atoms with Gasteiger partial charge in [0.15, 0.2) is 5.82 Å². The van der Waals surface area contributed by atoms with E-state index in [0.717, 1.165) is 16.8 Å². The van der Waals surface area contributed by atoms with Crippen LogP contribution in [-0.2, 0) is 17.9 Å². The number of hydrogen-bond donors (Lipinski definition) is 2. The predicted molar refractivity (Wildman–Crippen MR) is 100 cm³/mol. The van der Waals surface area contributed by atoms with Crippen LogP contribution in [0, 0.1) is 0 Å². The first-order valence-electron chi connectivity index (χ1n) is 7.84. The van der Waals surface area contributed by atoms with Crippen LogP contribution in [0.3, 0.4) is 0 Å². The molecule has 0 bridgehead atoms. The van der Waals surface area contributed by atoms with E-state index in [1.54, 1.807) is 29.1 Å². The van der Waals surface area contributed by atoms with Crippen molar-refractivity contribution in [2.45, 2.75) is 13.1 Å². The number of carbonyl (C=O) groups excluding carboxylic acids is 1. The lowest BCUT2D eigenvalue weighted by molar-refractivity contribution is -0.105. The van der Waals surface area contributed by atoms with Crippen LogP contribution in [0.2, 0.25) is 5.02 Å². The van der Waals surface area contributed by atoms with Gasteiger partial charge in [0, 0.05) is 24.9 Å². The van der Waals surface area contributed by atoms with Gasteiger partial charge in [-0.05, 0) is 17.2 Å². The molecular formula is C18H16ClN5O2. The van der Waals surface area contributed by atoms with Gasteiger partial charge in [0.2, 0.25) is 6.41 Å². The number of benzene rings is 1. The van der Waals surface area contributed by atoms with Gasteiger partial charge >= 0.3 is 0 Å². The van der Waals surface area contributed by atoms with Gasteiger partial charge in [0.25, 0.3) is 5.56 Å². The fourth-order valence-electron chi connectivity index (χ4n) is 2.38. The molecular weight excluding hydrogens is 354 g/mol. The van der Waals surface area contributed by atoms with E-state index in [1.807, 2.05) is 24.3 Å². The summed E-state index contributed by atoms with van der Waals surface area (Å²) in [4.78, 5) is 22.3. The molecule has 2 heterocycles. The third-order valence-corrected chi connectivity index (χ3v) is 3.90. The van der Waals surface area contributed by atoms with Gasteiger partial charge in [-0.25, -0.2) is 0 Å². The quantitative estimate of drug-likeness (QED) is 0.625. The number of hydrogen-bond acceptors (Lipinski definition) is 5. The van der Waals surface area contributed by atoms with Gasteiger partial charge in [-0.1, -0.05) is 35.9 Å². The zero-order chi connectivity index (χ0) is 18.4. The third-order valence-electron chi connectivity index (χ3n) is 3.68. The maximum atomic E-state index is 11.8. The van der Waals surface area contributed by atoms with Crippen molar-refractivity contribution in [3.8, 4) is 0 Å². The highest BCUT2D eigenvalue weighted by Gasteiger charge is 2.01. The average molecular weight is 370 g/mol. The first-order valence-corrected chi connectivity index (χ1v) is 8.22. The fraction of sp³-hybridized carbons (Fsp3) is 0.111. The summed E-state index contributed by atoms with van der Waals surface area (Å²) >= 11 is 5.94. The largest absolute Gasteiger partial charge is 0.380 e. The van der Waals surface area contributed by atoms with E-state index in [4.69, 9.17) is 11.6 Å². The molecule has 1 amide bonds. The van der Waals surface area contributed by atoms with Gasteiger partial charge in [0.1, 0.15) is 0 Å². The SMILES string of the molecule is O=CNc1cc(NCc2ccc(Cn3cc(Cl)ccc3=O)cc2)cnn1. The maximum absolute atomic E-state index is 11.8.